The third-order valence-electron chi connectivity index (χ3n) is 2.48. The van der Waals surface area contributed by atoms with E-state index >= 15 is 0 Å². The van der Waals surface area contributed by atoms with E-state index in [1.165, 1.54) is 13.1 Å². The molecule has 1 aliphatic rings. The van der Waals surface area contributed by atoms with Crippen molar-refractivity contribution in [2.24, 2.45) is 0 Å². The van der Waals surface area contributed by atoms with Crippen LogP contribution in [0.3, 0.4) is 0 Å². The van der Waals surface area contributed by atoms with E-state index in [9.17, 15) is 9.59 Å². The highest BCUT2D eigenvalue weighted by Crippen LogP contribution is 2.23. The van der Waals surface area contributed by atoms with Crippen LogP contribution >= 0.6 is 0 Å². The van der Waals surface area contributed by atoms with Gasteiger partial charge in [-0.15, -0.1) is 0 Å². The molecule has 1 aliphatic heterocycles. The quantitative estimate of drug-likeness (QED) is 0.787. The first-order valence-corrected chi connectivity index (χ1v) is 5.01. The highest BCUT2D eigenvalue weighted by molar-refractivity contribution is 5.97. The van der Waals surface area contributed by atoms with E-state index in [1.54, 1.807) is 0 Å². The fourth-order valence-electron chi connectivity index (χ4n) is 1.69. The number of Topliss-reactive ketones (excluding diaryl/α,β-unsaturated/α-hetero) is 1. The van der Waals surface area contributed by atoms with Gasteiger partial charge in [-0.05, 0) is 12.5 Å². The molecule has 0 bridgehead atoms. The Bertz CT molecular complexity index is 451. The number of nitrogens with one attached hydrogen (secondary N) is 2. The molecule has 0 unspecified atom stereocenters. The van der Waals surface area contributed by atoms with Crippen molar-refractivity contribution in [1.82, 2.24) is 10.6 Å². The number of carbonyl (C=O) groups excluding carboxylic acids is 2. The smallest absolute Gasteiger partial charge is 0.319 e. The van der Waals surface area contributed by atoms with Crippen LogP contribution in [0.1, 0.15) is 18.5 Å². The minimum atomic E-state index is -0.354. The lowest BCUT2D eigenvalue weighted by Crippen LogP contribution is -2.42. The maximum absolute atomic E-state index is 11.4. The molecule has 1 heterocycles. The van der Waals surface area contributed by atoms with Crippen molar-refractivity contribution >= 4 is 11.8 Å². The first kappa shape index (κ1) is 10.4. The van der Waals surface area contributed by atoms with Crippen LogP contribution in [0.15, 0.2) is 42.1 Å². The van der Waals surface area contributed by atoms with E-state index < -0.39 is 0 Å². The molecule has 2 rings (SSSR count). The van der Waals surface area contributed by atoms with E-state index in [1.807, 2.05) is 30.3 Å². The van der Waals surface area contributed by atoms with E-state index in [2.05, 4.69) is 10.6 Å². The Kier molecular flexibility index (Phi) is 2.72. The third-order valence-corrected chi connectivity index (χ3v) is 2.48. The van der Waals surface area contributed by atoms with Crippen molar-refractivity contribution in [2.75, 3.05) is 0 Å². The van der Waals surface area contributed by atoms with E-state index in [0.29, 0.717) is 5.57 Å². The molecule has 2 amide bonds. The number of urea groups is 1. The third kappa shape index (κ3) is 1.95. The van der Waals surface area contributed by atoms with Crippen molar-refractivity contribution in [3.05, 3.63) is 47.7 Å². The Morgan fingerprint density at radius 3 is 2.56 bits per heavy atom. The molecule has 4 nitrogen and oxygen atoms in total. The van der Waals surface area contributed by atoms with E-state index in [-0.39, 0.29) is 17.9 Å². The average molecular weight is 216 g/mol. The zero-order valence-corrected chi connectivity index (χ0v) is 8.86. The predicted molar refractivity (Wildman–Crippen MR) is 59.6 cm³/mol. The number of ketones is 1. The fourth-order valence-corrected chi connectivity index (χ4v) is 1.69. The zero-order chi connectivity index (χ0) is 11.5. The summed E-state index contributed by atoms with van der Waals surface area (Å²) in [6, 6.07) is 8.76. The van der Waals surface area contributed by atoms with Crippen molar-refractivity contribution < 1.29 is 9.59 Å². The second-order valence-electron chi connectivity index (χ2n) is 3.62. The van der Waals surface area contributed by atoms with Gasteiger partial charge >= 0.3 is 6.03 Å². The maximum Gasteiger partial charge on any atom is 0.319 e. The van der Waals surface area contributed by atoms with Crippen LogP contribution in [0.4, 0.5) is 4.79 Å². The van der Waals surface area contributed by atoms with Gasteiger partial charge in [0.15, 0.2) is 5.78 Å². The average Bonchev–Trinajstić information content (AvgIpc) is 2.29. The molecule has 1 atom stereocenters. The van der Waals surface area contributed by atoms with Gasteiger partial charge in [-0.3, -0.25) is 4.79 Å². The fraction of sp³-hybridized carbons (Fsp3) is 0.167. The molecule has 0 saturated carbocycles. The molecule has 0 aromatic heterocycles. The number of amides is 2. The van der Waals surface area contributed by atoms with Crippen LogP contribution in [0, 0.1) is 0 Å². The summed E-state index contributed by atoms with van der Waals surface area (Å²) in [5.41, 5.74) is 1.46. The number of benzene rings is 1. The van der Waals surface area contributed by atoms with E-state index in [4.69, 9.17) is 0 Å². The largest absolute Gasteiger partial charge is 0.327 e. The van der Waals surface area contributed by atoms with Gasteiger partial charge < -0.3 is 10.6 Å². The SMILES string of the molecule is CC(=O)C1=CNC(=O)N[C@@H]1c1ccccc1. The monoisotopic (exact) mass is 216 g/mol. The molecule has 1 aromatic rings. The lowest BCUT2D eigenvalue weighted by atomic mass is 9.96. The van der Waals surface area contributed by atoms with Gasteiger partial charge in [0, 0.05) is 11.8 Å². The molecular weight excluding hydrogens is 204 g/mol. The molecular formula is C12H12N2O2. The van der Waals surface area contributed by atoms with Crippen molar-refractivity contribution in [3.63, 3.8) is 0 Å². The summed E-state index contributed by atoms with van der Waals surface area (Å²) < 4.78 is 0. The Balaban J connectivity index is 2.38. The standard InChI is InChI=1S/C12H12N2O2/c1-8(15)10-7-13-12(16)14-11(10)9-5-3-2-4-6-9/h2-7,11H,1H3,(H2,13,14,16)/t11-/m1/s1. The number of carbonyl (C=O) groups is 2. The highest BCUT2D eigenvalue weighted by atomic mass is 16.2. The molecule has 0 radical (unpaired) electrons. The summed E-state index contributed by atoms with van der Waals surface area (Å²) in [4.78, 5) is 22.7. The van der Waals surface area contributed by atoms with Crippen LogP contribution < -0.4 is 10.6 Å². The van der Waals surface area contributed by atoms with Gasteiger partial charge in [-0.25, -0.2) is 4.79 Å². The van der Waals surface area contributed by atoms with E-state index in [0.717, 1.165) is 5.56 Å². The van der Waals surface area contributed by atoms with Crippen LogP contribution in [0.5, 0.6) is 0 Å². The van der Waals surface area contributed by atoms with Crippen molar-refractivity contribution in [2.45, 2.75) is 13.0 Å². The molecule has 0 fully saturated rings. The number of hydrogen-bond donors (Lipinski definition) is 2. The minimum Gasteiger partial charge on any atom is -0.327 e. The lowest BCUT2D eigenvalue weighted by Gasteiger charge is -2.24. The van der Waals surface area contributed by atoms with Gasteiger partial charge in [-0.1, -0.05) is 30.3 Å². The molecule has 2 N–H and O–H groups in total. The van der Waals surface area contributed by atoms with Crippen LogP contribution in [0.25, 0.3) is 0 Å². The summed E-state index contributed by atoms with van der Waals surface area (Å²) in [7, 11) is 0. The normalized spacial score (nSPS) is 19.4. The second kappa shape index (κ2) is 4.18. The molecule has 0 saturated heterocycles. The molecule has 82 valence electrons. The maximum atomic E-state index is 11.4. The Hall–Kier alpha value is -2.10. The Morgan fingerprint density at radius 2 is 1.94 bits per heavy atom. The molecule has 0 aliphatic carbocycles. The summed E-state index contributed by atoms with van der Waals surface area (Å²) in [6.45, 7) is 1.49. The van der Waals surface area contributed by atoms with Gasteiger partial charge in [-0.2, -0.15) is 0 Å². The van der Waals surface area contributed by atoms with Crippen molar-refractivity contribution in [1.29, 1.82) is 0 Å². The van der Waals surface area contributed by atoms with Gasteiger partial charge in [0.2, 0.25) is 0 Å². The second-order valence-corrected chi connectivity index (χ2v) is 3.62. The number of hydrogen-bond acceptors (Lipinski definition) is 2. The van der Waals surface area contributed by atoms with Crippen LogP contribution in [-0.4, -0.2) is 11.8 Å². The molecule has 0 spiro atoms. The first-order chi connectivity index (χ1) is 7.68. The van der Waals surface area contributed by atoms with Gasteiger partial charge in [0.25, 0.3) is 0 Å². The summed E-state index contributed by atoms with van der Waals surface area (Å²) in [6.07, 6.45) is 1.47. The molecule has 16 heavy (non-hydrogen) atoms. The van der Waals surface area contributed by atoms with Crippen LogP contribution in [0.2, 0.25) is 0 Å². The minimum absolute atomic E-state index is 0.0543. The summed E-state index contributed by atoms with van der Waals surface area (Å²) >= 11 is 0. The van der Waals surface area contributed by atoms with Gasteiger partial charge in [0.05, 0.1) is 6.04 Å². The predicted octanol–water partition coefficient (Wildman–Crippen LogP) is 1.51. The van der Waals surface area contributed by atoms with Crippen molar-refractivity contribution in [3.8, 4) is 0 Å². The highest BCUT2D eigenvalue weighted by Gasteiger charge is 2.25. The Morgan fingerprint density at radius 1 is 1.25 bits per heavy atom. The van der Waals surface area contributed by atoms with Gasteiger partial charge in [0.1, 0.15) is 0 Å². The summed E-state index contributed by atoms with van der Waals surface area (Å²) in [5.74, 6) is -0.0543. The molecule has 1 aromatic carbocycles. The number of rotatable bonds is 2. The first-order valence-electron chi connectivity index (χ1n) is 5.01. The molecule has 4 heteroatoms. The zero-order valence-electron chi connectivity index (χ0n) is 8.86. The lowest BCUT2D eigenvalue weighted by molar-refractivity contribution is -0.114. The summed E-state index contributed by atoms with van der Waals surface area (Å²) in [5, 5.41) is 5.21. The van der Waals surface area contributed by atoms with Crippen LogP contribution in [-0.2, 0) is 4.79 Å². The Labute approximate surface area is 93.3 Å². The topological polar surface area (TPSA) is 58.2 Å².